The maximum absolute atomic E-state index is 11.5. The van der Waals surface area contributed by atoms with Crippen LogP contribution in [0.25, 0.3) is 0 Å². The first-order chi connectivity index (χ1) is 8.07. The summed E-state index contributed by atoms with van der Waals surface area (Å²) >= 11 is 1.78. The zero-order valence-corrected chi connectivity index (χ0v) is 11.5. The van der Waals surface area contributed by atoms with Crippen LogP contribution in [0.15, 0.2) is 11.1 Å². The first kappa shape index (κ1) is 12.8. The smallest absolute Gasteiger partial charge is 0.333 e. The van der Waals surface area contributed by atoms with Crippen LogP contribution in [0, 0.1) is 0 Å². The zero-order chi connectivity index (χ0) is 12.5. The number of rotatable bonds is 2. The molecule has 0 spiro atoms. The van der Waals surface area contributed by atoms with Gasteiger partial charge in [0, 0.05) is 7.05 Å². The predicted octanol–water partition coefficient (Wildman–Crippen LogP) is 1.54. The third-order valence-electron chi connectivity index (χ3n) is 3.37. The molecule has 0 unspecified atom stereocenters. The summed E-state index contributed by atoms with van der Waals surface area (Å²) in [6.45, 7) is 5.56. The quantitative estimate of drug-likeness (QED) is 0.599. The number of esters is 1. The van der Waals surface area contributed by atoms with E-state index in [0.29, 0.717) is 12.8 Å². The van der Waals surface area contributed by atoms with E-state index >= 15 is 0 Å². The highest BCUT2D eigenvalue weighted by Crippen LogP contribution is 2.49. The Morgan fingerprint density at radius 1 is 1.76 bits per heavy atom. The van der Waals surface area contributed by atoms with Crippen molar-refractivity contribution in [1.82, 2.24) is 10.2 Å². The van der Waals surface area contributed by atoms with E-state index in [-0.39, 0.29) is 10.7 Å². The van der Waals surface area contributed by atoms with Gasteiger partial charge in [0.05, 0.1) is 28.6 Å². The van der Waals surface area contributed by atoms with Gasteiger partial charge in [-0.25, -0.2) is 4.79 Å². The van der Waals surface area contributed by atoms with E-state index in [4.69, 9.17) is 4.74 Å². The van der Waals surface area contributed by atoms with E-state index in [1.807, 2.05) is 14.0 Å². The van der Waals surface area contributed by atoms with Crippen LogP contribution in [0.3, 0.4) is 0 Å². The molecule has 17 heavy (non-hydrogen) atoms. The van der Waals surface area contributed by atoms with Crippen molar-refractivity contribution in [2.24, 2.45) is 0 Å². The minimum absolute atomic E-state index is 0.172. The lowest BCUT2D eigenvalue weighted by atomic mass is 9.96. The number of fused-ring (bicyclic) bond motifs is 1. The predicted molar refractivity (Wildman–Crippen MR) is 69.5 cm³/mol. The Hall–Kier alpha value is -0.680. The van der Waals surface area contributed by atoms with E-state index in [1.54, 1.807) is 17.8 Å². The van der Waals surface area contributed by atoms with E-state index in [1.165, 1.54) is 12.8 Å². The molecule has 2 heterocycles. The van der Waals surface area contributed by atoms with E-state index in [0.717, 1.165) is 11.6 Å². The molecule has 0 radical (unpaired) electrons. The van der Waals surface area contributed by atoms with Gasteiger partial charge < -0.3 is 9.64 Å². The second kappa shape index (κ2) is 4.90. The standard InChI is InChI=1S/C12H20N2O2S/c1-4-16-10(15)8-9-14(3)11-12(2,17-9)6-5-7-13-11/h8,11,13H,4-7H2,1-3H3/b9-8-/t11-,12-/m1/s1. The third-order valence-corrected chi connectivity index (χ3v) is 4.88. The summed E-state index contributed by atoms with van der Waals surface area (Å²) in [6, 6.07) is 0. The highest BCUT2D eigenvalue weighted by molar-refractivity contribution is 8.04. The third kappa shape index (κ3) is 2.45. The summed E-state index contributed by atoms with van der Waals surface area (Å²) in [7, 11) is 2.03. The fourth-order valence-electron chi connectivity index (χ4n) is 2.54. The maximum Gasteiger partial charge on any atom is 0.333 e. The molecule has 2 fully saturated rings. The Bertz CT molecular complexity index is 345. The van der Waals surface area contributed by atoms with Gasteiger partial charge in [0.2, 0.25) is 0 Å². The van der Waals surface area contributed by atoms with Gasteiger partial charge in [-0.3, -0.25) is 5.32 Å². The van der Waals surface area contributed by atoms with Crippen LogP contribution < -0.4 is 5.32 Å². The zero-order valence-electron chi connectivity index (χ0n) is 10.7. The molecule has 0 amide bonds. The van der Waals surface area contributed by atoms with Crippen molar-refractivity contribution < 1.29 is 9.53 Å². The summed E-state index contributed by atoms with van der Waals surface area (Å²) in [6.07, 6.45) is 4.31. The van der Waals surface area contributed by atoms with Gasteiger partial charge in [0.25, 0.3) is 0 Å². The van der Waals surface area contributed by atoms with Crippen LogP contribution in [0.2, 0.25) is 0 Å². The van der Waals surface area contributed by atoms with Gasteiger partial charge in [-0.2, -0.15) is 0 Å². The van der Waals surface area contributed by atoms with Gasteiger partial charge in [-0.15, -0.1) is 0 Å². The number of hydrogen-bond acceptors (Lipinski definition) is 5. The first-order valence-electron chi connectivity index (χ1n) is 6.10. The number of thioether (sulfide) groups is 1. The molecule has 2 aliphatic rings. The minimum atomic E-state index is -0.246. The molecular formula is C12H20N2O2S. The van der Waals surface area contributed by atoms with Crippen molar-refractivity contribution in [2.75, 3.05) is 20.2 Å². The summed E-state index contributed by atoms with van der Waals surface area (Å²) < 4.78 is 5.13. The molecule has 0 aromatic carbocycles. The molecule has 96 valence electrons. The normalized spacial score (nSPS) is 34.9. The van der Waals surface area contributed by atoms with Crippen LogP contribution >= 0.6 is 11.8 Å². The van der Waals surface area contributed by atoms with Gasteiger partial charge in [0.1, 0.15) is 0 Å². The molecule has 0 bridgehead atoms. The van der Waals surface area contributed by atoms with Crippen molar-refractivity contribution in [3.8, 4) is 0 Å². The molecule has 2 aliphatic heterocycles. The van der Waals surface area contributed by atoms with Crippen LogP contribution in [-0.2, 0) is 9.53 Å². The number of carbonyl (C=O) groups excluding carboxylic acids is 1. The Morgan fingerprint density at radius 2 is 2.53 bits per heavy atom. The lowest BCUT2D eigenvalue weighted by Crippen LogP contribution is -2.54. The molecule has 0 aromatic rings. The lowest BCUT2D eigenvalue weighted by Gasteiger charge is -2.37. The van der Waals surface area contributed by atoms with Gasteiger partial charge in [0.15, 0.2) is 0 Å². The highest BCUT2D eigenvalue weighted by atomic mass is 32.2. The SMILES string of the molecule is CCOC(=O)/C=C1\S[C@]2(C)CCCN[C@@H]2N1C. The first-order valence-corrected chi connectivity index (χ1v) is 6.92. The average molecular weight is 256 g/mol. The Morgan fingerprint density at radius 3 is 3.18 bits per heavy atom. The highest BCUT2D eigenvalue weighted by Gasteiger charge is 2.47. The molecule has 0 saturated carbocycles. The lowest BCUT2D eigenvalue weighted by molar-refractivity contribution is -0.137. The van der Waals surface area contributed by atoms with Crippen molar-refractivity contribution in [3.63, 3.8) is 0 Å². The summed E-state index contributed by atoms with van der Waals surface area (Å²) in [5, 5.41) is 4.52. The molecule has 4 nitrogen and oxygen atoms in total. The molecule has 0 aromatic heterocycles. The summed E-state index contributed by atoms with van der Waals surface area (Å²) in [5.41, 5.74) is 0. The Balaban J connectivity index is 2.14. The molecule has 0 aliphatic carbocycles. The Kier molecular flexibility index (Phi) is 3.68. The largest absolute Gasteiger partial charge is 0.463 e. The summed E-state index contributed by atoms with van der Waals surface area (Å²) in [4.78, 5) is 13.6. The number of ether oxygens (including phenoxy) is 1. The van der Waals surface area contributed by atoms with E-state index in [9.17, 15) is 4.79 Å². The molecule has 2 saturated heterocycles. The number of nitrogens with zero attached hydrogens (tertiary/aromatic N) is 1. The fraction of sp³-hybridized carbons (Fsp3) is 0.750. The number of carbonyl (C=O) groups is 1. The topological polar surface area (TPSA) is 41.6 Å². The molecular weight excluding hydrogens is 236 g/mol. The average Bonchev–Trinajstić information content (AvgIpc) is 2.51. The second-order valence-electron chi connectivity index (χ2n) is 4.72. The molecule has 1 N–H and O–H groups in total. The van der Waals surface area contributed by atoms with Crippen molar-refractivity contribution in [2.45, 2.75) is 37.6 Å². The molecule has 5 heteroatoms. The van der Waals surface area contributed by atoms with Crippen molar-refractivity contribution in [1.29, 1.82) is 0 Å². The van der Waals surface area contributed by atoms with E-state index in [2.05, 4.69) is 17.1 Å². The van der Waals surface area contributed by atoms with Crippen LogP contribution in [0.1, 0.15) is 26.7 Å². The fourth-order valence-corrected chi connectivity index (χ4v) is 4.02. The van der Waals surface area contributed by atoms with Gasteiger partial charge >= 0.3 is 5.97 Å². The number of hydrogen-bond donors (Lipinski definition) is 1. The second-order valence-corrected chi connectivity index (χ2v) is 6.28. The van der Waals surface area contributed by atoms with Gasteiger partial charge in [-0.05, 0) is 33.2 Å². The van der Waals surface area contributed by atoms with Crippen LogP contribution in [-0.4, -0.2) is 42.0 Å². The van der Waals surface area contributed by atoms with E-state index < -0.39 is 0 Å². The number of piperidine rings is 1. The molecule has 2 atom stereocenters. The van der Waals surface area contributed by atoms with Crippen LogP contribution in [0.5, 0.6) is 0 Å². The Labute approximate surface area is 107 Å². The minimum Gasteiger partial charge on any atom is -0.463 e. The number of nitrogens with one attached hydrogen (secondary N) is 1. The summed E-state index contributed by atoms with van der Waals surface area (Å²) in [5.74, 6) is -0.246. The molecule has 2 rings (SSSR count). The van der Waals surface area contributed by atoms with Crippen molar-refractivity contribution in [3.05, 3.63) is 11.1 Å². The van der Waals surface area contributed by atoms with Crippen molar-refractivity contribution >= 4 is 17.7 Å². The van der Waals surface area contributed by atoms with Gasteiger partial charge in [-0.1, -0.05) is 11.8 Å². The maximum atomic E-state index is 11.5. The van der Waals surface area contributed by atoms with Crippen LogP contribution in [0.4, 0.5) is 0 Å². The monoisotopic (exact) mass is 256 g/mol.